The van der Waals surface area contributed by atoms with Gasteiger partial charge in [-0.15, -0.1) is 0 Å². The van der Waals surface area contributed by atoms with E-state index in [2.05, 4.69) is 17.1 Å². The molecule has 0 aromatic rings. The molecule has 2 bridgehead atoms. The van der Waals surface area contributed by atoms with E-state index in [-0.39, 0.29) is 0 Å². The summed E-state index contributed by atoms with van der Waals surface area (Å²) in [7, 11) is 0. The average molecular weight is 236 g/mol. The molecule has 2 heteroatoms. The van der Waals surface area contributed by atoms with Crippen molar-refractivity contribution in [2.45, 2.75) is 51.5 Å². The van der Waals surface area contributed by atoms with E-state index in [9.17, 15) is 0 Å². The normalized spacial score (nSPS) is 42.2. The fourth-order valence-electron chi connectivity index (χ4n) is 4.56. The maximum Gasteiger partial charge on any atom is 0.0221 e. The molecule has 2 nitrogen and oxygen atoms in total. The highest BCUT2D eigenvalue weighted by molar-refractivity contribution is 4.92. The molecule has 1 heterocycles. The summed E-state index contributed by atoms with van der Waals surface area (Å²) < 4.78 is 0. The van der Waals surface area contributed by atoms with E-state index in [0.717, 1.165) is 23.8 Å². The van der Waals surface area contributed by atoms with Gasteiger partial charge in [0.1, 0.15) is 0 Å². The zero-order valence-corrected chi connectivity index (χ0v) is 11.3. The van der Waals surface area contributed by atoms with Crippen molar-refractivity contribution >= 4 is 0 Å². The zero-order valence-electron chi connectivity index (χ0n) is 11.3. The van der Waals surface area contributed by atoms with Gasteiger partial charge in [0, 0.05) is 32.2 Å². The molecule has 0 amide bonds. The predicted octanol–water partition coefficient (Wildman–Crippen LogP) is 2.50. The van der Waals surface area contributed by atoms with Gasteiger partial charge in [-0.2, -0.15) is 0 Å². The first kappa shape index (κ1) is 12.0. The topological polar surface area (TPSA) is 15.3 Å². The first-order valence-electron chi connectivity index (χ1n) is 7.81. The van der Waals surface area contributed by atoms with Crippen molar-refractivity contribution in [2.24, 2.45) is 17.8 Å². The number of nitrogens with zero attached hydrogens (tertiary/aromatic N) is 1. The van der Waals surface area contributed by atoms with Gasteiger partial charge < -0.3 is 5.32 Å². The van der Waals surface area contributed by atoms with Gasteiger partial charge in [-0.25, -0.2) is 0 Å². The molecule has 0 aromatic heterocycles. The Hall–Kier alpha value is -0.0800. The molecule has 17 heavy (non-hydrogen) atoms. The summed E-state index contributed by atoms with van der Waals surface area (Å²) in [4.78, 5) is 2.81. The van der Waals surface area contributed by atoms with Crippen LogP contribution in [0.25, 0.3) is 0 Å². The van der Waals surface area contributed by atoms with Crippen molar-refractivity contribution in [3.05, 3.63) is 0 Å². The summed E-state index contributed by atoms with van der Waals surface area (Å²) in [5.41, 5.74) is 0. The van der Waals surface area contributed by atoms with Gasteiger partial charge in [0.15, 0.2) is 0 Å². The Morgan fingerprint density at radius 2 is 2.18 bits per heavy atom. The molecule has 1 saturated heterocycles. The van der Waals surface area contributed by atoms with Crippen LogP contribution < -0.4 is 5.32 Å². The lowest BCUT2D eigenvalue weighted by Gasteiger charge is -2.39. The van der Waals surface area contributed by atoms with Crippen LogP contribution in [0.4, 0.5) is 0 Å². The van der Waals surface area contributed by atoms with Gasteiger partial charge >= 0.3 is 0 Å². The third-order valence-electron chi connectivity index (χ3n) is 5.45. The summed E-state index contributed by atoms with van der Waals surface area (Å²) in [6.07, 6.45) is 8.91. The van der Waals surface area contributed by atoms with Crippen LogP contribution in [0.1, 0.15) is 45.4 Å². The van der Waals surface area contributed by atoms with E-state index in [1.807, 2.05) is 0 Å². The van der Waals surface area contributed by atoms with Gasteiger partial charge in [-0.3, -0.25) is 4.90 Å². The Balaban J connectivity index is 1.55. The van der Waals surface area contributed by atoms with Crippen molar-refractivity contribution < 1.29 is 0 Å². The molecule has 3 rings (SSSR count). The van der Waals surface area contributed by atoms with E-state index < -0.39 is 0 Å². The smallest absolute Gasteiger partial charge is 0.0221 e. The van der Waals surface area contributed by atoms with Gasteiger partial charge in [-0.1, -0.05) is 19.8 Å². The number of hydrogen-bond acceptors (Lipinski definition) is 2. The lowest BCUT2D eigenvalue weighted by Crippen LogP contribution is -2.52. The van der Waals surface area contributed by atoms with E-state index in [1.165, 1.54) is 39.0 Å². The second kappa shape index (κ2) is 5.27. The standard InChI is InChI=1S/C15H28N2/c1-2-3-15-10-16-6-7-17(15)11-14-9-12-4-5-13(14)8-12/h12-16H,2-11H2,1H3. The van der Waals surface area contributed by atoms with Crippen molar-refractivity contribution in [3.8, 4) is 0 Å². The minimum atomic E-state index is 0.827. The van der Waals surface area contributed by atoms with Crippen LogP contribution in [0.3, 0.4) is 0 Å². The van der Waals surface area contributed by atoms with Crippen molar-refractivity contribution in [1.82, 2.24) is 10.2 Å². The molecule has 1 N–H and O–H groups in total. The van der Waals surface area contributed by atoms with E-state index in [1.54, 1.807) is 25.7 Å². The van der Waals surface area contributed by atoms with E-state index >= 15 is 0 Å². The summed E-state index contributed by atoms with van der Waals surface area (Å²) in [6.45, 7) is 7.46. The number of piperazine rings is 1. The molecular weight excluding hydrogens is 208 g/mol. The molecule has 4 unspecified atom stereocenters. The lowest BCUT2D eigenvalue weighted by molar-refractivity contribution is 0.111. The van der Waals surface area contributed by atoms with Gasteiger partial charge in [-0.05, 0) is 43.4 Å². The molecule has 3 aliphatic rings. The molecule has 0 radical (unpaired) electrons. The first-order valence-corrected chi connectivity index (χ1v) is 7.81. The summed E-state index contributed by atoms with van der Waals surface area (Å²) in [6, 6.07) is 0.827. The molecule has 0 spiro atoms. The monoisotopic (exact) mass is 236 g/mol. The van der Waals surface area contributed by atoms with Crippen molar-refractivity contribution in [3.63, 3.8) is 0 Å². The maximum absolute atomic E-state index is 3.57. The van der Waals surface area contributed by atoms with Crippen LogP contribution in [0.5, 0.6) is 0 Å². The second-order valence-corrected chi connectivity index (χ2v) is 6.58. The fraction of sp³-hybridized carbons (Fsp3) is 1.00. The highest BCUT2D eigenvalue weighted by Gasteiger charge is 2.40. The SMILES string of the molecule is CCCC1CNCCN1CC1CC2CCC1C2. The summed E-state index contributed by atoms with van der Waals surface area (Å²) in [5.74, 6) is 3.25. The number of nitrogens with one attached hydrogen (secondary N) is 1. The fourth-order valence-corrected chi connectivity index (χ4v) is 4.56. The highest BCUT2D eigenvalue weighted by Crippen LogP contribution is 2.48. The number of hydrogen-bond donors (Lipinski definition) is 1. The second-order valence-electron chi connectivity index (χ2n) is 6.58. The van der Waals surface area contributed by atoms with Crippen molar-refractivity contribution in [1.29, 1.82) is 0 Å². The molecule has 0 aromatic carbocycles. The van der Waals surface area contributed by atoms with Crippen LogP contribution >= 0.6 is 0 Å². The lowest BCUT2D eigenvalue weighted by atomic mass is 9.88. The number of rotatable bonds is 4. The van der Waals surface area contributed by atoms with Crippen LogP contribution in [0.2, 0.25) is 0 Å². The third-order valence-corrected chi connectivity index (χ3v) is 5.45. The molecule has 2 aliphatic carbocycles. The zero-order chi connectivity index (χ0) is 11.7. The Labute approximate surface area is 106 Å². The number of fused-ring (bicyclic) bond motifs is 2. The first-order chi connectivity index (χ1) is 8.36. The van der Waals surface area contributed by atoms with Crippen LogP contribution in [-0.4, -0.2) is 37.1 Å². The largest absolute Gasteiger partial charge is 0.314 e. The van der Waals surface area contributed by atoms with Crippen LogP contribution in [0.15, 0.2) is 0 Å². The minimum Gasteiger partial charge on any atom is -0.314 e. The molecule has 2 saturated carbocycles. The quantitative estimate of drug-likeness (QED) is 0.807. The minimum absolute atomic E-state index is 0.827. The molecular formula is C15H28N2. The van der Waals surface area contributed by atoms with Gasteiger partial charge in [0.25, 0.3) is 0 Å². The Bertz CT molecular complexity index is 251. The highest BCUT2D eigenvalue weighted by atomic mass is 15.2. The van der Waals surface area contributed by atoms with Gasteiger partial charge in [0.2, 0.25) is 0 Å². The maximum atomic E-state index is 3.57. The Morgan fingerprint density at radius 1 is 1.24 bits per heavy atom. The third kappa shape index (κ3) is 2.53. The molecule has 1 aliphatic heterocycles. The Kier molecular flexibility index (Phi) is 3.72. The Morgan fingerprint density at radius 3 is 2.88 bits per heavy atom. The average Bonchev–Trinajstić information content (AvgIpc) is 2.94. The van der Waals surface area contributed by atoms with Crippen molar-refractivity contribution in [2.75, 3.05) is 26.2 Å². The summed E-state index contributed by atoms with van der Waals surface area (Å²) >= 11 is 0. The predicted molar refractivity (Wildman–Crippen MR) is 72.1 cm³/mol. The molecule has 3 fully saturated rings. The molecule has 4 atom stereocenters. The summed E-state index contributed by atoms with van der Waals surface area (Å²) in [5, 5.41) is 3.57. The van der Waals surface area contributed by atoms with Gasteiger partial charge in [0.05, 0.1) is 0 Å². The molecule has 98 valence electrons. The van der Waals surface area contributed by atoms with Crippen LogP contribution in [-0.2, 0) is 0 Å². The van der Waals surface area contributed by atoms with E-state index in [0.29, 0.717) is 0 Å². The van der Waals surface area contributed by atoms with Crippen LogP contribution in [0, 0.1) is 17.8 Å². The van der Waals surface area contributed by atoms with E-state index in [4.69, 9.17) is 0 Å².